The molecule has 4 aromatic rings. The number of sulfonamides is 1. The average molecular weight is 429 g/mol. The maximum atomic E-state index is 12.6. The molecule has 150 valence electrons. The Morgan fingerprint density at radius 2 is 1.93 bits per heavy atom. The molecule has 7 nitrogen and oxygen atoms in total. The van der Waals surface area contributed by atoms with Crippen LogP contribution in [0.5, 0.6) is 0 Å². The van der Waals surface area contributed by atoms with Crippen LogP contribution in [0.25, 0.3) is 10.2 Å². The fraction of sp³-hybridized carbons (Fsp3) is 0.200. The lowest BCUT2D eigenvalue weighted by atomic mass is 10.2. The summed E-state index contributed by atoms with van der Waals surface area (Å²) in [6.07, 6.45) is 5.88. The number of aromatic nitrogens is 3. The summed E-state index contributed by atoms with van der Waals surface area (Å²) >= 11 is 1.06. The fourth-order valence-corrected chi connectivity index (χ4v) is 5.20. The van der Waals surface area contributed by atoms with Crippen LogP contribution in [0.4, 0.5) is 0 Å². The highest BCUT2D eigenvalue weighted by atomic mass is 32.2. The molecular formula is C20H20N4O3S2. The fourth-order valence-electron chi connectivity index (χ4n) is 3.10. The molecule has 29 heavy (non-hydrogen) atoms. The molecule has 0 spiro atoms. The zero-order chi connectivity index (χ0) is 20.3. The Morgan fingerprint density at radius 1 is 1.10 bits per heavy atom. The molecule has 0 radical (unpaired) electrons. The summed E-state index contributed by atoms with van der Waals surface area (Å²) < 4.78 is 32.1. The van der Waals surface area contributed by atoms with Crippen LogP contribution in [0.1, 0.15) is 12.0 Å². The number of benzene rings is 2. The molecule has 0 atom stereocenters. The standard InChI is InChI=1S/C20H20N4O3S2/c25-20-24(14-16-5-2-1-3-6-16)18-8-7-17(13-19(18)28-20)29(26,27)22-9-4-11-23-12-10-21-15-23/h1-3,5-8,10,12-13,15,22H,4,9,11,14H2. The van der Waals surface area contributed by atoms with Gasteiger partial charge in [-0.2, -0.15) is 0 Å². The SMILES string of the molecule is O=c1sc2cc(S(=O)(=O)NCCCn3ccnc3)ccc2n1Cc1ccccc1. The number of nitrogens with zero attached hydrogens (tertiary/aromatic N) is 3. The highest BCUT2D eigenvalue weighted by Gasteiger charge is 2.16. The summed E-state index contributed by atoms with van der Waals surface area (Å²) in [7, 11) is -3.63. The first-order valence-corrected chi connectivity index (χ1v) is 11.5. The Bertz CT molecular complexity index is 1260. The van der Waals surface area contributed by atoms with Crippen molar-refractivity contribution in [2.75, 3.05) is 6.54 Å². The largest absolute Gasteiger partial charge is 0.337 e. The van der Waals surface area contributed by atoms with Gasteiger partial charge in [-0.1, -0.05) is 41.7 Å². The molecule has 9 heteroatoms. The summed E-state index contributed by atoms with van der Waals surface area (Å²) in [5.74, 6) is 0. The van der Waals surface area contributed by atoms with Gasteiger partial charge in [0.15, 0.2) is 0 Å². The van der Waals surface area contributed by atoms with Gasteiger partial charge < -0.3 is 4.57 Å². The van der Waals surface area contributed by atoms with E-state index in [0.717, 1.165) is 22.4 Å². The molecule has 0 bridgehead atoms. The summed E-state index contributed by atoms with van der Waals surface area (Å²) in [6.45, 7) is 1.47. The number of aryl methyl sites for hydroxylation is 1. The molecule has 4 rings (SSSR count). The average Bonchev–Trinajstić information content (AvgIpc) is 3.34. The third kappa shape index (κ3) is 4.47. The molecule has 2 heterocycles. The number of rotatable bonds is 8. The van der Waals surface area contributed by atoms with E-state index in [1.807, 2.05) is 41.1 Å². The van der Waals surface area contributed by atoms with Crippen LogP contribution in [0, 0.1) is 0 Å². The first-order chi connectivity index (χ1) is 14.0. The Labute approximate surface area is 172 Å². The molecular weight excluding hydrogens is 408 g/mol. The van der Waals surface area contributed by atoms with Gasteiger partial charge in [0.05, 0.1) is 28.0 Å². The Kier molecular flexibility index (Phi) is 5.61. The summed E-state index contributed by atoms with van der Waals surface area (Å²) in [6, 6.07) is 14.5. The van der Waals surface area contributed by atoms with Gasteiger partial charge in [-0.05, 0) is 30.2 Å². The second-order valence-electron chi connectivity index (χ2n) is 6.62. The minimum absolute atomic E-state index is 0.105. The molecule has 0 aliphatic heterocycles. The van der Waals surface area contributed by atoms with Crippen LogP contribution in [0.2, 0.25) is 0 Å². The molecule has 0 fully saturated rings. The van der Waals surface area contributed by atoms with Crippen LogP contribution in [0.3, 0.4) is 0 Å². The minimum Gasteiger partial charge on any atom is -0.337 e. The third-order valence-electron chi connectivity index (χ3n) is 4.58. The number of hydrogen-bond acceptors (Lipinski definition) is 5. The van der Waals surface area contributed by atoms with Crippen molar-refractivity contribution in [3.05, 3.63) is 82.5 Å². The van der Waals surface area contributed by atoms with E-state index in [1.165, 1.54) is 0 Å². The Balaban J connectivity index is 1.50. The number of hydrogen-bond donors (Lipinski definition) is 1. The topological polar surface area (TPSA) is 86.0 Å². The van der Waals surface area contributed by atoms with Crippen molar-refractivity contribution in [3.63, 3.8) is 0 Å². The second-order valence-corrected chi connectivity index (χ2v) is 9.38. The highest BCUT2D eigenvalue weighted by molar-refractivity contribution is 7.89. The van der Waals surface area contributed by atoms with Crippen molar-refractivity contribution >= 4 is 31.6 Å². The van der Waals surface area contributed by atoms with Gasteiger partial charge in [-0.25, -0.2) is 18.1 Å². The molecule has 0 amide bonds. The van der Waals surface area contributed by atoms with E-state index < -0.39 is 10.0 Å². The molecule has 0 aliphatic rings. The van der Waals surface area contributed by atoms with Crippen molar-refractivity contribution in [2.45, 2.75) is 24.4 Å². The van der Waals surface area contributed by atoms with Crippen LogP contribution < -0.4 is 9.60 Å². The van der Waals surface area contributed by atoms with Crippen LogP contribution in [-0.2, 0) is 23.1 Å². The van der Waals surface area contributed by atoms with Crippen molar-refractivity contribution in [1.29, 1.82) is 0 Å². The quantitative estimate of drug-likeness (QED) is 0.437. The normalized spacial score (nSPS) is 11.9. The van der Waals surface area contributed by atoms with E-state index in [4.69, 9.17) is 0 Å². The molecule has 0 aliphatic carbocycles. The van der Waals surface area contributed by atoms with Gasteiger partial charge in [0, 0.05) is 25.5 Å². The maximum absolute atomic E-state index is 12.6. The van der Waals surface area contributed by atoms with Gasteiger partial charge in [-0.3, -0.25) is 9.36 Å². The van der Waals surface area contributed by atoms with Crippen molar-refractivity contribution in [3.8, 4) is 0 Å². The van der Waals surface area contributed by atoms with Gasteiger partial charge >= 0.3 is 4.87 Å². The van der Waals surface area contributed by atoms with Crippen LogP contribution in [-0.4, -0.2) is 29.1 Å². The minimum atomic E-state index is -3.63. The van der Waals surface area contributed by atoms with Crippen molar-refractivity contribution in [1.82, 2.24) is 18.8 Å². The smallest absolute Gasteiger partial charge is 0.308 e. The first kappa shape index (κ1) is 19.6. The predicted octanol–water partition coefficient (Wildman–Crippen LogP) is 2.68. The zero-order valence-electron chi connectivity index (χ0n) is 15.6. The predicted molar refractivity (Wildman–Crippen MR) is 114 cm³/mol. The molecule has 0 unspecified atom stereocenters. The molecule has 1 N–H and O–H groups in total. The lowest BCUT2D eigenvalue weighted by molar-refractivity contribution is 0.570. The maximum Gasteiger partial charge on any atom is 0.308 e. The van der Waals surface area contributed by atoms with E-state index in [0.29, 0.717) is 30.8 Å². The van der Waals surface area contributed by atoms with Gasteiger partial charge in [0.2, 0.25) is 10.0 Å². The van der Waals surface area contributed by atoms with E-state index in [2.05, 4.69) is 9.71 Å². The number of thiazole rings is 1. The summed E-state index contributed by atoms with van der Waals surface area (Å²) in [5.41, 5.74) is 1.76. The van der Waals surface area contributed by atoms with Crippen molar-refractivity contribution in [2.24, 2.45) is 0 Å². The monoisotopic (exact) mass is 428 g/mol. The number of imidazole rings is 1. The van der Waals surface area contributed by atoms with Crippen LogP contribution in [0.15, 0.2) is 76.9 Å². The van der Waals surface area contributed by atoms with E-state index in [-0.39, 0.29) is 9.77 Å². The van der Waals surface area contributed by atoms with Crippen molar-refractivity contribution < 1.29 is 8.42 Å². The first-order valence-electron chi connectivity index (χ1n) is 9.16. The van der Waals surface area contributed by atoms with Gasteiger partial charge in [-0.15, -0.1) is 0 Å². The Hall–Kier alpha value is -2.75. The Morgan fingerprint density at radius 3 is 2.69 bits per heavy atom. The summed E-state index contributed by atoms with van der Waals surface area (Å²) in [5, 5.41) is 0. The summed E-state index contributed by atoms with van der Waals surface area (Å²) in [4.78, 5) is 16.5. The van der Waals surface area contributed by atoms with E-state index >= 15 is 0 Å². The number of nitrogens with one attached hydrogen (secondary N) is 1. The second kappa shape index (κ2) is 8.32. The van der Waals surface area contributed by atoms with Gasteiger partial charge in [0.1, 0.15) is 0 Å². The molecule has 2 aromatic heterocycles. The van der Waals surface area contributed by atoms with E-state index in [1.54, 1.807) is 35.3 Å². The van der Waals surface area contributed by atoms with E-state index in [9.17, 15) is 13.2 Å². The molecule has 0 saturated carbocycles. The lowest BCUT2D eigenvalue weighted by Gasteiger charge is -2.08. The lowest BCUT2D eigenvalue weighted by Crippen LogP contribution is -2.25. The third-order valence-corrected chi connectivity index (χ3v) is 6.98. The highest BCUT2D eigenvalue weighted by Crippen LogP contribution is 2.22. The van der Waals surface area contributed by atoms with Crippen LogP contribution >= 0.6 is 11.3 Å². The molecule has 0 saturated heterocycles. The van der Waals surface area contributed by atoms with Gasteiger partial charge in [0.25, 0.3) is 0 Å². The number of fused-ring (bicyclic) bond motifs is 1. The zero-order valence-corrected chi connectivity index (χ0v) is 17.2. The molecule has 2 aromatic carbocycles.